The van der Waals surface area contributed by atoms with Crippen molar-refractivity contribution in [3.63, 3.8) is 0 Å². The van der Waals surface area contributed by atoms with E-state index in [9.17, 15) is 4.79 Å². The van der Waals surface area contributed by atoms with Gasteiger partial charge in [0.25, 0.3) is 5.91 Å². The normalized spacial score (nSPS) is 15.2. The summed E-state index contributed by atoms with van der Waals surface area (Å²) < 4.78 is 1.05. The van der Waals surface area contributed by atoms with Gasteiger partial charge in [0, 0.05) is 23.3 Å². The molecule has 1 amide bonds. The first-order valence-corrected chi connectivity index (χ1v) is 9.11. The zero-order valence-electron chi connectivity index (χ0n) is 13.8. The minimum Gasteiger partial charge on any atom is -0.330 e. The number of hydrogen-bond donors (Lipinski definition) is 1. The molecular formula is C19H22BrN3O. The third-order valence-electron chi connectivity index (χ3n) is 4.41. The highest BCUT2D eigenvalue weighted by molar-refractivity contribution is 9.10. The average molecular weight is 388 g/mol. The predicted molar refractivity (Wildman–Crippen MR) is 98.9 cm³/mol. The SMILES string of the molecule is Cc1ccc(C(=O)N(Cc2ccc(Br)cc2)C2CCNCC2)nc1. The molecule has 1 N–H and O–H groups in total. The van der Waals surface area contributed by atoms with Gasteiger partial charge >= 0.3 is 0 Å². The molecule has 0 aliphatic carbocycles. The first kappa shape index (κ1) is 17.1. The smallest absolute Gasteiger partial charge is 0.272 e. The van der Waals surface area contributed by atoms with E-state index in [1.165, 1.54) is 0 Å². The Morgan fingerprint density at radius 3 is 2.54 bits per heavy atom. The highest BCUT2D eigenvalue weighted by Crippen LogP contribution is 2.20. The maximum absolute atomic E-state index is 13.1. The van der Waals surface area contributed by atoms with E-state index < -0.39 is 0 Å². The fraction of sp³-hybridized carbons (Fsp3) is 0.368. The van der Waals surface area contributed by atoms with E-state index in [0.717, 1.165) is 41.5 Å². The van der Waals surface area contributed by atoms with Gasteiger partial charge in [-0.05, 0) is 62.2 Å². The van der Waals surface area contributed by atoms with E-state index in [1.807, 2.05) is 36.1 Å². The molecule has 4 nitrogen and oxygen atoms in total. The van der Waals surface area contributed by atoms with Crippen LogP contribution in [0.15, 0.2) is 47.1 Å². The molecule has 1 saturated heterocycles. The zero-order chi connectivity index (χ0) is 16.9. The van der Waals surface area contributed by atoms with Gasteiger partial charge in [0.2, 0.25) is 0 Å². The van der Waals surface area contributed by atoms with Crippen molar-refractivity contribution in [1.82, 2.24) is 15.2 Å². The number of piperidine rings is 1. The third-order valence-corrected chi connectivity index (χ3v) is 4.94. The number of pyridine rings is 1. The van der Waals surface area contributed by atoms with Crippen LogP contribution >= 0.6 is 15.9 Å². The fourth-order valence-corrected chi connectivity index (χ4v) is 3.28. The monoisotopic (exact) mass is 387 g/mol. The molecule has 2 heterocycles. The van der Waals surface area contributed by atoms with E-state index in [1.54, 1.807) is 6.20 Å². The topological polar surface area (TPSA) is 45.2 Å². The van der Waals surface area contributed by atoms with Crippen molar-refractivity contribution in [3.05, 3.63) is 63.9 Å². The van der Waals surface area contributed by atoms with Crippen molar-refractivity contribution >= 4 is 21.8 Å². The fourth-order valence-electron chi connectivity index (χ4n) is 3.01. The number of benzene rings is 1. The molecule has 1 aromatic carbocycles. The molecule has 1 aliphatic rings. The number of carbonyl (C=O) groups excluding carboxylic acids is 1. The van der Waals surface area contributed by atoms with Crippen molar-refractivity contribution in [2.75, 3.05) is 13.1 Å². The van der Waals surface area contributed by atoms with Crippen LogP contribution in [-0.4, -0.2) is 34.9 Å². The number of nitrogens with zero attached hydrogens (tertiary/aromatic N) is 2. The molecule has 3 rings (SSSR count). The lowest BCUT2D eigenvalue weighted by Gasteiger charge is -2.34. The van der Waals surface area contributed by atoms with Gasteiger partial charge in [0.15, 0.2) is 0 Å². The standard InChI is InChI=1S/C19H22BrN3O/c1-14-2-7-18(22-12-14)19(24)23(17-8-10-21-11-9-17)13-15-3-5-16(20)6-4-15/h2-7,12,17,21H,8-11,13H2,1H3. The summed E-state index contributed by atoms with van der Waals surface area (Å²) in [6.45, 7) is 4.51. The van der Waals surface area contributed by atoms with Gasteiger partial charge in [-0.15, -0.1) is 0 Å². The Morgan fingerprint density at radius 2 is 1.92 bits per heavy atom. The van der Waals surface area contributed by atoms with Crippen molar-refractivity contribution in [1.29, 1.82) is 0 Å². The Morgan fingerprint density at radius 1 is 1.21 bits per heavy atom. The second-order valence-corrected chi connectivity index (χ2v) is 7.18. The van der Waals surface area contributed by atoms with Crippen LogP contribution < -0.4 is 5.32 Å². The van der Waals surface area contributed by atoms with Gasteiger partial charge in [-0.2, -0.15) is 0 Å². The first-order valence-electron chi connectivity index (χ1n) is 8.32. The Kier molecular flexibility index (Phi) is 5.63. The maximum atomic E-state index is 13.1. The van der Waals surface area contributed by atoms with Gasteiger partial charge in [0.05, 0.1) is 0 Å². The molecule has 126 valence electrons. The Bertz CT molecular complexity index is 679. The van der Waals surface area contributed by atoms with E-state index in [2.05, 4.69) is 38.4 Å². The molecule has 0 spiro atoms. The number of amides is 1. The van der Waals surface area contributed by atoms with E-state index in [4.69, 9.17) is 0 Å². The van der Waals surface area contributed by atoms with Crippen molar-refractivity contribution in [2.45, 2.75) is 32.4 Å². The summed E-state index contributed by atoms with van der Waals surface area (Å²) >= 11 is 3.46. The van der Waals surface area contributed by atoms with E-state index in [-0.39, 0.29) is 11.9 Å². The maximum Gasteiger partial charge on any atom is 0.272 e. The van der Waals surface area contributed by atoms with Crippen LogP contribution in [0.3, 0.4) is 0 Å². The van der Waals surface area contributed by atoms with Crippen LogP contribution in [0, 0.1) is 6.92 Å². The van der Waals surface area contributed by atoms with Crippen LogP contribution in [0.2, 0.25) is 0 Å². The van der Waals surface area contributed by atoms with E-state index in [0.29, 0.717) is 12.2 Å². The Balaban J connectivity index is 1.84. The van der Waals surface area contributed by atoms with Gasteiger partial charge in [0.1, 0.15) is 5.69 Å². The molecule has 0 unspecified atom stereocenters. The van der Waals surface area contributed by atoms with Crippen LogP contribution in [0.4, 0.5) is 0 Å². The summed E-state index contributed by atoms with van der Waals surface area (Å²) in [6, 6.07) is 12.2. The average Bonchev–Trinajstić information content (AvgIpc) is 2.62. The van der Waals surface area contributed by atoms with Crippen molar-refractivity contribution < 1.29 is 4.79 Å². The van der Waals surface area contributed by atoms with Gasteiger partial charge in [-0.25, -0.2) is 0 Å². The molecule has 0 radical (unpaired) electrons. The lowest BCUT2D eigenvalue weighted by Crippen LogP contribution is -2.46. The summed E-state index contributed by atoms with van der Waals surface area (Å²) in [5, 5.41) is 3.37. The minimum absolute atomic E-state index is 0.0184. The number of aromatic nitrogens is 1. The van der Waals surface area contributed by atoms with Crippen LogP contribution in [-0.2, 0) is 6.54 Å². The zero-order valence-corrected chi connectivity index (χ0v) is 15.4. The summed E-state index contributed by atoms with van der Waals surface area (Å²) in [7, 11) is 0. The molecule has 24 heavy (non-hydrogen) atoms. The lowest BCUT2D eigenvalue weighted by atomic mass is 10.0. The Labute approximate surface area is 151 Å². The molecule has 0 saturated carbocycles. The van der Waals surface area contributed by atoms with Crippen LogP contribution in [0.1, 0.15) is 34.5 Å². The molecule has 0 bridgehead atoms. The number of nitrogens with one attached hydrogen (secondary N) is 1. The number of rotatable bonds is 4. The second kappa shape index (κ2) is 7.90. The Hall–Kier alpha value is -1.72. The number of halogens is 1. The van der Waals surface area contributed by atoms with Crippen LogP contribution in [0.25, 0.3) is 0 Å². The molecule has 0 atom stereocenters. The second-order valence-electron chi connectivity index (χ2n) is 6.26. The molecule has 5 heteroatoms. The van der Waals surface area contributed by atoms with Gasteiger partial charge < -0.3 is 10.2 Å². The van der Waals surface area contributed by atoms with Gasteiger partial charge in [-0.3, -0.25) is 9.78 Å². The quantitative estimate of drug-likeness (QED) is 0.872. The largest absolute Gasteiger partial charge is 0.330 e. The number of hydrogen-bond acceptors (Lipinski definition) is 3. The van der Waals surface area contributed by atoms with Gasteiger partial charge in [-0.1, -0.05) is 34.1 Å². The van der Waals surface area contributed by atoms with Crippen LogP contribution in [0.5, 0.6) is 0 Å². The highest BCUT2D eigenvalue weighted by atomic mass is 79.9. The van der Waals surface area contributed by atoms with E-state index >= 15 is 0 Å². The molecule has 2 aromatic rings. The number of aryl methyl sites for hydroxylation is 1. The van der Waals surface area contributed by atoms with Crippen molar-refractivity contribution in [2.24, 2.45) is 0 Å². The molecule has 1 aliphatic heterocycles. The number of carbonyl (C=O) groups is 1. The lowest BCUT2D eigenvalue weighted by molar-refractivity contribution is 0.0617. The predicted octanol–water partition coefficient (Wildman–Crippen LogP) is 3.55. The highest BCUT2D eigenvalue weighted by Gasteiger charge is 2.27. The first-order chi connectivity index (χ1) is 11.6. The molecule has 1 fully saturated rings. The summed E-state index contributed by atoms with van der Waals surface area (Å²) in [5.41, 5.74) is 2.72. The third kappa shape index (κ3) is 4.22. The summed E-state index contributed by atoms with van der Waals surface area (Å²) in [6.07, 6.45) is 3.72. The minimum atomic E-state index is 0.0184. The molecular weight excluding hydrogens is 366 g/mol. The summed E-state index contributed by atoms with van der Waals surface area (Å²) in [5.74, 6) is 0.0184. The summed E-state index contributed by atoms with van der Waals surface area (Å²) in [4.78, 5) is 19.4. The van der Waals surface area contributed by atoms with Crippen molar-refractivity contribution in [3.8, 4) is 0 Å². The molecule has 1 aromatic heterocycles.